The summed E-state index contributed by atoms with van der Waals surface area (Å²) >= 11 is 1.57. The summed E-state index contributed by atoms with van der Waals surface area (Å²) in [7, 11) is 1.78. The highest BCUT2D eigenvalue weighted by atomic mass is 32.1. The molecule has 0 aliphatic heterocycles. The summed E-state index contributed by atoms with van der Waals surface area (Å²) < 4.78 is 1.68. The van der Waals surface area contributed by atoms with Crippen LogP contribution in [-0.2, 0) is 7.05 Å². The first-order valence-electron chi connectivity index (χ1n) is 3.71. The van der Waals surface area contributed by atoms with Crippen molar-refractivity contribution >= 4 is 17.6 Å². The van der Waals surface area contributed by atoms with Crippen LogP contribution in [0.2, 0.25) is 0 Å². The summed E-state index contributed by atoms with van der Waals surface area (Å²) in [4.78, 5) is 11.5. The molecular weight excluding hydrogens is 186 g/mol. The van der Waals surface area contributed by atoms with Gasteiger partial charge < -0.3 is 4.57 Å². The van der Waals surface area contributed by atoms with Crippen molar-refractivity contribution in [2.75, 3.05) is 0 Å². The van der Waals surface area contributed by atoms with Crippen LogP contribution < -0.4 is 0 Å². The van der Waals surface area contributed by atoms with E-state index in [0.717, 1.165) is 10.7 Å². The highest BCUT2D eigenvalue weighted by molar-refractivity contribution is 7.13. The number of aldehydes is 1. The van der Waals surface area contributed by atoms with Gasteiger partial charge >= 0.3 is 0 Å². The Morgan fingerprint density at radius 1 is 1.54 bits per heavy atom. The van der Waals surface area contributed by atoms with Gasteiger partial charge in [0.05, 0.1) is 4.88 Å². The first-order valence-corrected chi connectivity index (χ1v) is 4.59. The Bertz CT molecular complexity index is 419. The number of nitrogens with zero attached hydrogens (tertiary/aromatic N) is 3. The molecular formula is C8H7N3OS. The zero-order valence-electron chi connectivity index (χ0n) is 6.97. The van der Waals surface area contributed by atoms with Crippen LogP contribution >= 0.6 is 11.3 Å². The van der Waals surface area contributed by atoms with Crippen LogP contribution in [0.3, 0.4) is 0 Å². The van der Waals surface area contributed by atoms with Gasteiger partial charge in [0.15, 0.2) is 17.9 Å². The highest BCUT2D eigenvalue weighted by Crippen LogP contribution is 2.21. The fraction of sp³-hybridized carbons (Fsp3) is 0.125. The van der Waals surface area contributed by atoms with E-state index in [1.807, 2.05) is 17.5 Å². The molecule has 0 amide bonds. The summed E-state index contributed by atoms with van der Waals surface area (Å²) in [5.74, 6) is 1.08. The van der Waals surface area contributed by atoms with Crippen molar-refractivity contribution in [2.45, 2.75) is 0 Å². The van der Waals surface area contributed by atoms with Gasteiger partial charge in [0.2, 0.25) is 0 Å². The highest BCUT2D eigenvalue weighted by Gasteiger charge is 2.09. The van der Waals surface area contributed by atoms with Crippen molar-refractivity contribution in [1.82, 2.24) is 14.8 Å². The molecule has 0 atom stereocenters. The predicted octanol–water partition coefficient (Wildman–Crippen LogP) is 1.36. The lowest BCUT2D eigenvalue weighted by Gasteiger charge is -1.95. The van der Waals surface area contributed by atoms with Crippen LogP contribution in [0.1, 0.15) is 10.6 Å². The minimum Gasteiger partial charge on any atom is -0.307 e. The van der Waals surface area contributed by atoms with E-state index in [-0.39, 0.29) is 0 Å². The maximum absolute atomic E-state index is 10.5. The van der Waals surface area contributed by atoms with E-state index in [4.69, 9.17) is 0 Å². The Morgan fingerprint density at radius 3 is 2.92 bits per heavy atom. The van der Waals surface area contributed by atoms with Gasteiger partial charge in [0.1, 0.15) is 0 Å². The molecule has 66 valence electrons. The third-order valence-electron chi connectivity index (χ3n) is 1.76. The number of carbonyl (C=O) groups excluding carboxylic acids is 1. The minimum atomic E-state index is 0.350. The van der Waals surface area contributed by atoms with Crippen molar-refractivity contribution in [1.29, 1.82) is 0 Å². The van der Waals surface area contributed by atoms with Crippen molar-refractivity contribution in [3.05, 3.63) is 23.3 Å². The monoisotopic (exact) mass is 193 g/mol. The maximum atomic E-state index is 10.5. The molecule has 5 heteroatoms. The molecule has 2 rings (SSSR count). The van der Waals surface area contributed by atoms with E-state index in [1.165, 1.54) is 0 Å². The summed E-state index contributed by atoms with van der Waals surface area (Å²) in [6.45, 7) is 0. The molecule has 0 N–H and O–H groups in total. The molecule has 0 aromatic carbocycles. The molecule has 4 nitrogen and oxygen atoms in total. The summed E-state index contributed by atoms with van der Waals surface area (Å²) in [5, 5.41) is 9.63. The predicted molar refractivity (Wildman–Crippen MR) is 49.7 cm³/mol. The van der Waals surface area contributed by atoms with Crippen LogP contribution in [0.15, 0.2) is 17.5 Å². The van der Waals surface area contributed by atoms with Crippen molar-refractivity contribution in [3.8, 4) is 10.7 Å². The van der Waals surface area contributed by atoms with E-state index >= 15 is 0 Å². The molecule has 0 saturated carbocycles. The lowest BCUT2D eigenvalue weighted by molar-refractivity contribution is 0.111. The summed E-state index contributed by atoms with van der Waals surface area (Å²) in [5.41, 5.74) is 0. The normalized spacial score (nSPS) is 10.2. The average molecular weight is 193 g/mol. The van der Waals surface area contributed by atoms with Crippen molar-refractivity contribution in [2.24, 2.45) is 7.05 Å². The second-order valence-electron chi connectivity index (χ2n) is 2.54. The third-order valence-corrected chi connectivity index (χ3v) is 2.62. The fourth-order valence-corrected chi connectivity index (χ4v) is 1.81. The molecule has 2 aromatic heterocycles. The quantitative estimate of drug-likeness (QED) is 0.676. The Hall–Kier alpha value is -1.49. The van der Waals surface area contributed by atoms with Crippen LogP contribution in [0.25, 0.3) is 10.7 Å². The van der Waals surface area contributed by atoms with Crippen molar-refractivity contribution < 1.29 is 4.79 Å². The molecule has 0 fully saturated rings. The Morgan fingerprint density at radius 2 is 2.38 bits per heavy atom. The number of rotatable bonds is 2. The smallest absolute Gasteiger partial charge is 0.196 e. The van der Waals surface area contributed by atoms with Crippen LogP contribution in [0.4, 0.5) is 0 Å². The van der Waals surface area contributed by atoms with E-state index in [9.17, 15) is 4.79 Å². The van der Waals surface area contributed by atoms with Gasteiger partial charge in [-0.2, -0.15) is 0 Å². The van der Waals surface area contributed by atoms with Gasteiger partial charge in [-0.15, -0.1) is 21.5 Å². The minimum absolute atomic E-state index is 0.350. The SMILES string of the molecule is Cn1c(C=O)nnc1-c1cccs1. The van der Waals surface area contributed by atoms with Gasteiger partial charge in [-0.25, -0.2) is 0 Å². The van der Waals surface area contributed by atoms with Gasteiger partial charge in [-0.3, -0.25) is 4.79 Å². The lowest BCUT2D eigenvalue weighted by Crippen LogP contribution is -1.96. The lowest BCUT2D eigenvalue weighted by atomic mass is 10.4. The molecule has 0 aliphatic carbocycles. The topological polar surface area (TPSA) is 47.8 Å². The standard InChI is InChI=1S/C8H7N3OS/c1-11-7(5-12)9-10-8(11)6-3-2-4-13-6/h2-5H,1H3. The van der Waals surface area contributed by atoms with Crippen molar-refractivity contribution in [3.63, 3.8) is 0 Å². The van der Waals surface area contributed by atoms with Crippen LogP contribution in [0.5, 0.6) is 0 Å². The van der Waals surface area contributed by atoms with E-state index in [2.05, 4.69) is 10.2 Å². The number of hydrogen-bond acceptors (Lipinski definition) is 4. The largest absolute Gasteiger partial charge is 0.307 e. The zero-order chi connectivity index (χ0) is 9.26. The van der Waals surface area contributed by atoms with Gasteiger partial charge in [-0.1, -0.05) is 6.07 Å². The number of carbonyl (C=O) groups is 1. The third kappa shape index (κ3) is 1.27. The Labute approximate surface area is 78.8 Å². The second-order valence-corrected chi connectivity index (χ2v) is 3.48. The molecule has 0 unspecified atom stereocenters. The van der Waals surface area contributed by atoms with E-state index < -0.39 is 0 Å². The van der Waals surface area contributed by atoms with Gasteiger partial charge in [0.25, 0.3) is 0 Å². The Balaban J connectivity index is 2.53. The molecule has 13 heavy (non-hydrogen) atoms. The zero-order valence-corrected chi connectivity index (χ0v) is 7.78. The Kier molecular flexibility index (Phi) is 1.94. The fourth-order valence-electron chi connectivity index (χ4n) is 1.06. The molecule has 2 aromatic rings. The molecule has 0 bridgehead atoms. The average Bonchev–Trinajstić information content (AvgIpc) is 2.72. The van der Waals surface area contributed by atoms with E-state index in [0.29, 0.717) is 12.1 Å². The maximum Gasteiger partial charge on any atom is 0.196 e. The first kappa shape index (κ1) is 8.12. The molecule has 0 saturated heterocycles. The molecule has 0 aliphatic rings. The molecule has 0 spiro atoms. The number of hydrogen-bond donors (Lipinski definition) is 0. The number of aromatic nitrogens is 3. The van der Waals surface area contributed by atoms with Crippen LogP contribution in [-0.4, -0.2) is 21.1 Å². The van der Waals surface area contributed by atoms with E-state index in [1.54, 1.807) is 23.0 Å². The second kappa shape index (κ2) is 3.10. The summed E-state index contributed by atoms with van der Waals surface area (Å²) in [6, 6.07) is 3.89. The van der Waals surface area contributed by atoms with Gasteiger partial charge in [0, 0.05) is 7.05 Å². The van der Waals surface area contributed by atoms with Crippen LogP contribution in [0, 0.1) is 0 Å². The number of thiophene rings is 1. The molecule has 0 radical (unpaired) electrons. The molecule has 2 heterocycles. The van der Waals surface area contributed by atoms with Gasteiger partial charge in [-0.05, 0) is 11.4 Å². The summed E-state index contributed by atoms with van der Waals surface area (Å²) in [6.07, 6.45) is 0.699. The first-order chi connectivity index (χ1) is 6.33.